The number of hydrogen-bond donors (Lipinski definition) is 1. The van der Waals surface area contributed by atoms with E-state index >= 15 is 0 Å². The van der Waals surface area contributed by atoms with Crippen molar-refractivity contribution in [3.8, 4) is 0 Å². The molecular weight excluding hydrogens is 212 g/mol. The lowest BCUT2D eigenvalue weighted by molar-refractivity contribution is 0.112. The van der Waals surface area contributed by atoms with Crippen LogP contribution >= 0.6 is 0 Å². The van der Waals surface area contributed by atoms with E-state index in [-0.39, 0.29) is 0 Å². The van der Waals surface area contributed by atoms with Crippen LogP contribution in [0.25, 0.3) is 0 Å². The van der Waals surface area contributed by atoms with Crippen LogP contribution in [0.15, 0.2) is 42.7 Å². The standard InChI is InChI=1S/C14H14N2O/c1-11-4-2-3-5-12(11)9-16-14-6-7-15-8-13(14)10-17/h2-8,10H,9H2,1H3,(H,15,16). The largest absolute Gasteiger partial charge is 0.380 e. The van der Waals surface area contributed by atoms with E-state index < -0.39 is 0 Å². The summed E-state index contributed by atoms with van der Waals surface area (Å²) in [5.41, 5.74) is 3.86. The summed E-state index contributed by atoms with van der Waals surface area (Å²) in [5, 5.41) is 3.25. The summed E-state index contributed by atoms with van der Waals surface area (Å²) in [7, 11) is 0. The Morgan fingerprint density at radius 3 is 2.88 bits per heavy atom. The molecule has 0 bridgehead atoms. The smallest absolute Gasteiger partial charge is 0.153 e. The van der Waals surface area contributed by atoms with Gasteiger partial charge in [-0.15, -0.1) is 0 Å². The van der Waals surface area contributed by atoms with Gasteiger partial charge >= 0.3 is 0 Å². The third-order valence-electron chi connectivity index (χ3n) is 2.71. The summed E-state index contributed by atoms with van der Waals surface area (Å²) in [6.07, 6.45) is 4.05. The first kappa shape index (κ1) is 11.3. The number of anilines is 1. The zero-order chi connectivity index (χ0) is 12.1. The molecule has 0 atom stereocenters. The predicted octanol–water partition coefficient (Wildman–Crippen LogP) is 2.81. The Balaban J connectivity index is 2.13. The highest BCUT2D eigenvalue weighted by Gasteiger charge is 2.01. The fourth-order valence-corrected chi connectivity index (χ4v) is 1.66. The minimum atomic E-state index is 0.584. The second-order valence-corrected chi connectivity index (χ2v) is 3.86. The third kappa shape index (κ3) is 2.69. The van der Waals surface area contributed by atoms with Crippen molar-refractivity contribution in [3.05, 3.63) is 59.4 Å². The second kappa shape index (κ2) is 5.25. The van der Waals surface area contributed by atoms with E-state index in [0.29, 0.717) is 12.1 Å². The maximum Gasteiger partial charge on any atom is 0.153 e. The van der Waals surface area contributed by atoms with Gasteiger partial charge in [0.1, 0.15) is 0 Å². The van der Waals surface area contributed by atoms with E-state index in [1.807, 2.05) is 18.2 Å². The Hall–Kier alpha value is -2.16. The van der Waals surface area contributed by atoms with E-state index in [4.69, 9.17) is 0 Å². The van der Waals surface area contributed by atoms with Crippen LogP contribution in [0, 0.1) is 6.92 Å². The van der Waals surface area contributed by atoms with Crippen molar-refractivity contribution in [1.82, 2.24) is 4.98 Å². The average Bonchev–Trinajstić information content (AvgIpc) is 2.38. The maximum absolute atomic E-state index is 10.8. The van der Waals surface area contributed by atoms with Crippen LogP contribution in [0.2, 0.25) is 0 Å². The molecule has 1 aromatic heterocycles. The molecule has 0 aliphatic rings. The molecule has 1 aromatic carbocycles. The van der Waals surface area contributed by atoms with Crippen LogP contribution < -0.4 is 5.32 Å². The molecule has 1 heterocycles. The molecule has 0 aliphatic heterocycles. The summed E-state index contributed by atoms with van der Waals surface area (Å²) < 4.78 is 0. The van der Waals surface area contributed by atoms with Crippen molar-refractivity contribution in [2.24, 2.45) is 0 Å². The molecule has 0 fully saturated rings. The number of pyridine rings is 1. The topological polar surface area (TPSA) is 42.0 Å². The maximum atomic E-state index is 10.8. The summed E-state index contributed by atoms with van der Waals surface area (Å²) in [6.45, 7) is 2.78. The molecule has 0 saturated heterocycles. The van der Waals surface area contributed by atoms with E-state index in [1.54, 1.807) is 12.4 Å². The van der Waals surface area contributed by atoms with Gasteiger partial charge in [0.15, 0.2) is 6.29 Å². The van der Waals surface area contributed by atoms with Gasteiger partial charge < -0.3 is 5.32 Å². The second-order valence-electron chi connectivity index (χ2n) is 3.86. The molecule has 0 amide bonds. The molecule has 3 nitrogen and oxygen atoms in total. The van der Waals surface area contributed by atoms with Gasteiger partial charge in [0.05, 0.1) is 5.56 Å². The highest BCUT2D eigenvalue weighted by molar-refractivity contribution is 5.83. The number of rotatable bonds is 4. The molecule has 0 aliphatic carbocycles. The minimum absolute atomic E-state index is 0.584. The molecule has 1 N–H and O–H groups in total. The Morgan fingerprint density at radius 1 is 1.29 bits per heavy atom. The van der Waals surface area contributed by atoms with Gasteiger partial charge in [0.2, 0.25) is 0 Å². The lowest BCUT2D eigenvalue weighted by Gasteiger charge is -2.10. The average molecular weight is 226 g/mol. The van der Waals surface area contributed by atoms with Gasteiger partial charge in [0.25, 0.3) is 0 Å². The Morgan fingerprint density at radius 2 is 2.12 bits per heavy atom. The van der Waals surface area contributed by atoms with E-state index in [1.165, 1.54) is 11.1 Å². The number of aryl methyl sites for hydroxylation is 1. The lowest BCUT2D eigenvalue weighted by atomic mass is 10.1. The van der Waals surface area contributed by atoms with Crippen LogP contribution in [0.3, 0.4) is 0 Å². The molecule has 0 spiro atoms. The number of nitrogens with zero attached hydrogens (tertiary/aromatic N) is 1. The van der Waals surface area contributed by atoms with Crippen molar-refractivity contribution < 1.29 is 4.79 Å². The highest BCUT2D eigenvalue weighted by atomic mass is 16.1. The number of nitrogens with one attached hydrogen (secondary N) is 1. The van der Waals surface area contributed by atoms with Crippen LogP contribution in [0.5, 0.6) is 0 Å². The lowest BCUT2D eigenvalue weighted by Crippen LogP contribution is -2.03. The third-order valence-corrected chi connectivity index (χ3v) is 2.71. The van der Waals surface area contributed by atoms with E-state index in [0.717, 1.165) is 12.0 Å². The Labute approximate surface area is 101 Å². The minimum Gasteiger partial charge on any atom is -0.380 e. The number of hydrogen-bond acceptors (Lipinski definition) is 3. The SMILES string of the molecule is Cc1ccccc1CNc1ccncc1C=O. The molecule has 2 rings (SSSR count). The van der Waals surface area contributed by atoms with Crippen molar-refractivity contribution in [1.29, 1.82) is 0 Å². The predicted molar refractivity (Wildman–Crippen MR) is 68.1 cm³/mol. The van der Waals surface area contributed by atoms with E-state index in [9.17, 15) is 4.79 Å². The molecule has 3 heteroatoms. The summed E-state index contributed by atoms with van der Waals surface area (Å²) >= 11 is 0. The molecular formula is C14H14N2O. The highest BCUT2D eigenvalue weighted by Crippen LogP contribution is 2.14. The molecule has 17 heavy (non-hydrogen) atoms. The van der Waals surface area contributed by atoms with Crippen LogP contribution in [0.1, 0.15) is 21.5 Å². The summed E-state index contributed by atoms with van der Waals surface area (Å²) in [5.74, 6) is 0. The number of benzene rings is 1. The number of aldehydes is 1. The molecule has 0 saturated carbocycles. The zero-order valence-electron chi connectivity index (χ0n) is 9.68. The van der Waals surface area contributed by atoms with Crippen molar-refractivity contribution in [2.45, 2.75) is 13.5 Å². The van der Waals surface area contributed by atoms with Gasteiger partial charge in [-0.25, -0.2) is 0 Å². The van der Waals surface area contributed by atoms with Gasteiger partial charge in [0, 0.05) is 24.6 Å². The number of carbonyl (C=O) groups is 1. The van der Waals surface area contributed by atoms with Crippen molar-refractivity contribution in [3.63, 3.8) is 0 Å². The van der Waals surface area contributed by atoms with Crippen LogP contribution in [-0.4, -0.2) is 11.3 Å². The monoisotopic (exact) mass is 226 g/mol. The first-order chi connectivity index (χ1) is 8.31. The Kier molecular flexibility index (Phi) is 3.50. The number of aromatic nitrogens is 1. The first-order valence-corrected chi connectivity index (χ1v) is 5.49. The summed E-state index contributed by atoms with van der Waals surface area (Å²) in [6, 6.07) is 9.98. The van der Waals surface area contributed by atoms with Gasteiger partial charge in [-0.1, -0.05) is 24.3 Å². The fourth-order valence-electron chi connectivity index (χ4n) is 1.66. The van der Waals surface area contributed by atoms with Gasteiger partial charge in [-0.3, -0.25) is 9.78 Å². The molecule has 0 unspecified atom stereocenters. The number of carbonyl (C=O) groups excluding carboxylic acids is 1. The Bertz CT molecular complexity index is 523. The van der Waals surface area contributed by atoms with Crippen molar-refractivity contribution >= 4 is 12.0 Å². The molecule has 2 aromatic rings. The first-order valence-electron chi connectivity index (χ1n) is 5.49. The van der Waals surface area contributed by atoms with E-state index in [2.05, 4.69) is 29.4 Å². The fraction of sp³-hybridized carbons (Fsp3) is 0.143. The molecule has 0 radical (unpaired) electrons. The van der Waals surface area contributed by atoms with Crippen LogP contribution in [0.4, 0.5) is 5.69 Å². The van der Waals surface area contributed by atoms with Gasteiger partial charge in [-0.05, 0) is 24.1 Å². The quantitative estimate of drug-likeness (QED) is 0.815. The summed E-state index contributed by atoms with van der Waals surface area (Å²) in [4.78, 5) is 14.7. The van der Waals surface area contributed by atoms with Gasteiger partial charge in [-0.2, -0.15) is 0 Å². The van der Waals surface area contributed by atoms with Crippen LogP contribution in [-0.2, 0) is 6.54 Å². The van der Waals surface area contributed by atoms with Crippen molar-refractivity contribution in [2.75, 3.05) is 5.32 Å². The normalized spacial score (nSPS) is 9.94. The zero-order valence-corrected chi connectivity index (χ0v) is 9.68. The molecule has 86 valence electrons.